The Morgan fingerprint density at radius 2 is 1.57 bits per heavy atom. The summed E-state index contributed by atoms with van der Waals surface area (Å²) in [5.74, 6) is 0.943. The molecule has 0 spiro atoms. The Labute approximate surface area is 87.6 Å². The van der Waals surface area contributed by atoms with Crippen LogP contribution < -0.4 is 11.1 Å². The lowest BCUT2D eigenvalue weighted by atomic mass is 9.91. The van der Waals surface area contributed by atoms with Crippen LogP contribution in [-0.4, -0.2) is 18.1 Å². The van der Waals surface area contributed by atoms with Crippen molar-refractivity contribution in [1.29, 1.82) is 0 Å². The summed E-state index contributed by atoms with van der Waals surface area (Å²) in [6.45, 7) is 2.37. The van der Waals surface area contributed by atoms with Gasteiger partial charge in [-0.05, 0) is 50.9 Å². The lowest BCUT2D eigenvalue weighted by molar-refractivity contribution is 0.312. The molecule has 82 valence electrons. The first-order valence-corrected chi connectivity index (χ1v) is 6.25. The summed E-state index contributed by atoms with van der Waals surface area (Å²) in [6.07, 6.45) is 9.24. The van der Waals surface area contributed by atoms with Gasteiger partial charge in [-0.1, -0.05) is 6.92 Å². The molecule has 0 aliphatic heterocycles. The van der Waals surface area contributed by atoms with Gasteiger partial charge in [0.05, 0.1) is 0 Å². The summed E-state index contributed by atoms with van der Waals surface area (Å²) in [7, 11) is 0. The van der Waals surface area contributed by atoms with E-state index in [-0.39, 0.29) is 0 Å². The van der Waals surface area contributed by atoms with Gasteiger partial charge in [0.1, 0.15) is 0 Å². The SMILES string of the molecule is CC1CCC(NC2CCC(N)CC2)C1. The molecule has 2 aliphatic carbocycles. The van der Waals surface area contributed by atoms with Gasteiger partial charge in [0.25, 0.3) is 0 Å². The van der Waals surface area contributed by atoms with Gasteiger partial charge in [-0.3, -0.25) is 0 Å². The molecule has 0 aromatic carbocycles. The van der Waals surface area contributed by atoms with E-state index < -0.39 is 0 Å². The number of hydrogen-bond donors (Lipinski definition) is 2. The number of nitrogens with two attached hydrogens (primary N) is 1. The van der Waals surface area contributed by atoms with Crippen LogP contribution in [0, 0.1) is 5.92 Å². The van der Waals surface area contributed by atoms with E-state index in [0.717, 1.165) is 18.0 Å². The molecule has 2 fully saturated rings. The van der Waals surface area contributed by atoms with Crippen molar-refractivity contribution in [3.63, 3.8) is 0 Å². The molecule has 2 saturated carbocycles. The molecule has 2 aliphatic rings. The number of rotatable bonds is 2. The van der Waals surface area contributed by atoms with Crippen molar-refractivity contribution in [3.8, 4) is 0 Å². The average Bonchev–Trinajstić information content (AvgIpc) is 2.56. The molecule has 2 heteroatoms. The van der Waals surface area contributed by atoms with E-state index >= 15 is 0 Å². The first-order valence-electron chi connectivity index (χ1n) is 6.25. The van der Waals surface area contributed by atoms with Gasteiger partial charge < -0.3 is 11.1 Å². The second kappa shape index (κ2) is 4.63. The molecule has 0 bridgehead atoms. The van der Waals surface area contributed by atoms with E-state index in [2.05, 4.69) is 12.2 Å². The Morgan fingerprint density at radius 3 is 2.14 bits per heavy atom. The second-order valence-electron chi connectivity index (χ2n) is 5.39. The Kier molecular flexibility index (Phi) is 3.45. The van der Waals surface area contributed by atoms with E-state index in [4.69, 9.17) is 5.73 Å². The molecule has 0 heterocycles. The lowest BCUT2D eigenvalue weighted by Gasteiger charge is -2.29. The van der Waals surface area contributed by atoms with Crippen LogP contribution in [0.2, 0.25) is 0 Å². The van der Waals surface area contributed by atoms with E-state index in [1.54, 1.807) is 0 Å². The van der Waals surface area contributed by atoms with Crippen molar-refractivity contribution in [3.05, 3.63) is 0 Å². The zero-order chi connectivity index (χ0) is 9.97. The van der Waals surface area contributed by atoms with E-state index in [1.165, 1.54) is 44.9 Å². The summed E-state index contributed by atoms with van der Waals surface area (Å²) in [4.78, 5) is 0. The molecule has 2 atom stereocenters. The molecule has 0 aromatic rings. The molecule has 0 aromatic heterocycles. The summed E-state index contributed by atoms with van der Waals surface area (Å²) in [5, 5.41) is 3.81. The third-order valence-electron chi connectivity index (χ3n) is 3.94. The van der Waals surface area contributed by atoms with Crippen molar-refractivity contribution in [1.82, 2.24) is 5.32 Å². The van der Waals surface area contributed by atoms with Gasteiger partial charge in [-0.2, -0.15) is 0 Å². The Balaban J connectivity index is 1.70. The standard InChI is InChI=1S/C12H24N2/c1-9-2-5-12(8-9)14-11-6-3-10(13)4-7-11/h9-12,14H,2-8,13H2,1H3. The average molecular weight is 196 g/mol. The minimum absolute atomic E-state index is 0.482. The predicted octanol–water partition coefficient (Wildman–Crippen LogP) is 2.03. The highest BCUT2D eigenvalue weighted by Gasteiger charge is 2.25. The van der Waals surface area contributed by atoms with Crippen LogP contribution in [-0.2, 0) is 0 Å². The minimum Gasteiger partial charge on any atom is -0.328 e. The Hall–Kier alpha value is -0.0800. The third-order valence-corrected chi connectivity index (χ3v) is 3.94. The molecular weight excluding hydrogens is 172 g/mol. The fraction of sp³-hybridized carbons (Fsp3) is 1.00. The van der Waals surface area contributed by atoms with Crippen LogP contribution >= 0.6 is 0 Å². The highest BCUT2D eigenvalue weighted by atomic mass is 15.0. The zero-order valence-electron chi connectivity index (χ0n) is 9.34. The minimum atomic E-state index is 0.482. The van der Waals surface area contributed by atoms with Crippen molar-refractivity contribution < 1.29 is 0 Å². The van der Waals surface area contributed by atoms with Crippen molar-refractivity contribution in [2.75, 3.05) is 0 Å². The van der Waals surface area contributed by atoms with Crippen molar-refractivity contribution >= 4 is 0 Å². The zero-order valence-corrected chi connectivity index (χ0v) is 9.34. The molecule has 0 amide bonds. The second-order valence-corrected chi connectivity index (χ2v) is 5.39. The smallest absolute Gasteiger partial charge is 0.00722 e. The largest absolute Gasteiger partial charge is 0.328 e. The van der Waals surface area contributed by atoms with Crippen molar-refractivity contribution in [2.45, 2.75) is 70.0 Å². The monoisotopic (exact) mass is 196 g/mol. The summed E-state index contributed by atoms with van der Waals surface area (Å²) in [5.41, 5.74) is 5.90. The molecular formula is C12H24N2. The highest BCUT2D eigenvalue weighted by Crippen LogP contribution is 2.26. The van der Waals surface area contributed by atoms with Gasteiger partial charge in [0, 0.05) is 18.1 Å². The molecule has 0 saturated heterocycles. The van der Waals surface area contributed by atoms with Gasteiger partial charge in [-0.15, -0.1) is 0 Å². The highest BCUT2D eigenvalue weighted by molar-refractivity contribution is 4.85. The first kappa shape index (κ1) is 10.4. The van der Waals surface area contributed by atoms with Crippen LogP contribution in [0.1, 0.15) is 51.9 Å². The molecule has 0 radical (unpaired) electrons. The summed E-state index contributed by atoms with van der Waals surface area (Å²) < 4.78 is 0. The normalized spacial score (nSPS) is 44.1. The van der Waals surface area contributed by atoms with Gasteiger partial charge in [0.15, 0.2) is 0 Å². The molecule has 14 heavy (non-hydrogen) atoms. The molecule has 2 nitrogen and oxygen atoms in total. The number of hydrogen-bond acceptors (Lipinski definition) is 2. The summed E-state index contributed by atoms with van der Waals surface area (Å²) in [6, 6.07) is 2.06. The maximum Gasteiger partial charge on any atom is 0.00722 e. The van der Waals surface area contributed by atoms with E-state index in [0.29, 0.717) is 6.04 Å². The van der Waals surface area contributed by atoms with Gasteiger partial charge in [0.2, 0.25) is 0 Å². The maximum absolute atomic E-state index is 5.90. The fourth-order valence-electron chi connectivity index (χ4n) is 2.98. The first-order chi connectivity index (χ1) is 6.74. The van der Waals surface area contributed by atoms with E-state index in [9.17, 15) is 0 Å². The van der Waals surface area contributed by atoms with Crippen LogP contribution in [0.25, 0.3) is 0 Å². The summed E-state index contributed by atoms with van der Waals surface area (Å²) >= 11 is 0. The lowest BCUT2D eigenvalue weighted by Crippen LogP contribution is -2.41. The third kappa shape index (κ3) is 2.71. The fourth-order valence-corrected chi connectivity index (χ4v) is 2.98. The number of nitrogens with one attached hydrogen (secondary N) is 1. The molecule has 2 rings (SSSR count). The quantitative estimate of drug-likeness (QED) is 0.709. The molecule has 2 unspecified atom stereocenters. The topological polar surface area (TPSA) is 38.0 Å². The van der Waals surface area contributed by atoms with E-state index in [1.807, 2.05) is 0 Å². The predicted molar refractivity (Wildman–Crippen MR) is 60.2 cm³/mol. The Bertz CT molecular complexity index is 173. The van der Waals surface area contributed by atoms with Crippen LogP contribution in [0.5, 0.6) is 0 Å². The maximum atomic E-state index is 5.90. The Morgan fingerprint density at radius 1 is 0.929 bits per heavy atom. The van der Waals surface area contributed by atoms with Crippen LogP contribution in [0.15, 0.2) is 0 Å². The van der Waals surface area contributed by atoms with Crippen LogP contribution in [0.4, 0.5) is 0 Å². The van der Waals surface area contributed by atoms with Gasteiger partial charge >= 0.3 is 0 Å². The van der Waals surface area contributed by atoms with Gasteiger partial charge in [-0.25, -0.2) is 0 Å². The molecule has 3 N–H and O–H groups in total. The van der Waals surface area contributed by atoms with Crippen molar-refractivity contribution in [2.24, 2.45) is 11.7 Å². The van der Waals surface area contributed by atoms with Crippen LogP contribution in [0.3, 0.4) is 0 Å².